The summed E-state index contributed by atoms with van der Waals surface area (Å²) in [7, 11) is 0. The average molecular weight is 416 g/mol. The molecule has 5 aromatic heterocycles. The number of pyridine rings is 2. The molecule has 5 aromatic rings. The predicted octanol–water partition coefficient (Wildman–Crippen LogP) is 3.10. The molecule has 0 amide bonds. The lowest BCUT2D eigenvalue weighted by molar-refractivity contribution is 0.499. The molecule has 0 aromatic carbocycles. The first kappa shape index (κ1) is 17.8. The Hall–Kier alpha value is -4.08. The SMILES string of the molecule is Cc1cccc2cc([C@H]3c4nc[nH]c4CCN3c3nnc(-c4cccnc4F)o3)nn12. The standard InChI is InChI=1S/C21H17FN8O/c1-12-4-2-5-13-10-16(28-30(12)13)18-17-15(24-11-25-17)7-9-29(18)21-27-26-20(31-21)14-6-3-8-23-19(14)22/h2-6,8,10-11,18H,7,9H2,1H3,(H,24,25)/t18-/m0/s1. The summed E-state index contributed by atoms with van der Waals surface area (Å²) in [6, 6.07) is 11.2. The summed E-state index contributed by atoms with van der Waals surface area (Å²) in [5, 5.41) is 13.1. The normalized spacial score (nSPS) is 16.1. The molecule has 6 heterocycles. The Balaban J connectivity index is 1.46. The molecular formula is C21H17FN8O. The number of rotatable bonds is 3. The van der Waals surface area contributed by atoms with Gasteiger partial charge in [-0.3, -0.25) is 0 Å². The highest BCUT2D eigenvalue weighted by Crippen LogP contribution is 2.37. The van der Waals surface area contributed by atoms with Crippen molar-refractivity contribution in [2.24, 2.45) is 0 Å². The Morgan fingerprint density at radius 1 is 1.16 bits per heavy atom. The highest BCUT2D eigenvalue weighted by atomic mass is 19.1. The van der Waals surface area contributed by atoms with Gasteiger partial charge in [-0.25, -0.2) is 14.5 Å². The molecule has 0 fully saturated rings. The van der Waals surface area contributed by atoms with Crippen LogP contribution in [0.1, 0.15) is 28.8 Å². The molecule has 154 valence electrons. The van der Waals surface area contributed by atoms with Gasteiger partial charge in [0.15, 0.2) is 0 Å². The monoisotopic (exact) mass is 416 g/mol. The van der Waals surface area contributed by atoms with Gasteiger partial charge in [-0.2, -0.15) is 9.49 Å². The number of fused-ring (bicyclic) bond motifs is 2. The van der Waals surface area contributed by atoms with Gasteiger partial charge >= 0.3 is 6.01 Å². The fourth-order valence-electron chi connectivity index (χ4n) is 4.07. The second-order valence-corrected chi connectivity index (χ2v) is 7.42. The van der Waals surface area contributed by atoms with E-state index in [9.17, 15) is 4.39 Å². The molecule has 9 nitrogen and oxygen atoms in total. The van der Waals surface area contributed by atoms with Crippen molar-refractivity contribution < 1.29 is 8.81 Å². The third kappa shape index (κ3) is 2.79. The second kappa shape index (κ2) is 6.73. The lowest BCUT2D eigenvalue weighted by Gasteiger charge is -2.32. The van der Waals surface area contributed by atoms with Gasteiger partial charge in [0, 0.05) is 30.6 Å². The zero-order valence-corrected chi connectivity index (χ0v) is 16.5. The number of aryl methyl sites for hydroxylation is 1. The van der Waals surface area contributed by atoms with Crippen LogP contribution in [-0.2, 0) is 6.42 Å². The summed E-state index contributed by atoms with van der Waals surface area (Å²) in [5.74, 6) is -0.573. The molecule has 0 saturated heterocycles. The summed E-state index contributed by atoms with van der Waals surface area (Å²) in [6.07, 6.45) is 3.80. The first-order valence-electron chi connectivity index (χ1n) is 9.87. The number of halogens is 1. The largest absolute Gasteiger partial charge is 0.403 e. The quantitative estimate of drug-likeness (QED) is 0.451. The zero-order chi connectivity index (χ0) is 20.9. The maximum atomic E-state index is 14.1. The van der Waals surface area contributed by atoms with Crippen LogP contribution in [0.4, 0.5) is 10.4 Å². The van der Waals surface area contributed by atoms with Gasteiger partial charge in [0.2, 0.25) is 5.95 Å². The van der Waals surface area contributed by atoms with Crippen molar-refractivity contribution in [1.82, 2.24) is 34.8 Å². The number of aromatic nitrogens is 7. The Morgan fingerprint density at radius 2 is 2.10 bits per heavy atom. The number of nitrogens with zero attached hydrogens (tertiary/aromatic N) is 7. The molecule has 1 N–H and O–H groups in total. The topological polar surface area (TPSA) is 101 Å². The lowest BCUT2D eigenvalue weighted by atomic mass is 10.0. The first-order valence-corrected chi connectivity index (χ1v) is 9.87. The highest BCUT2D eigenvalue weighted by Gasteiger charge is 2.36. The number of hydrogen-bond acceptors (Lipinski definition) is 7. The van der Waals surface area contributed by atoms with Crippen molar-refractivity contribution >= 4 is 11.5 Å². The van der Waals surface area contributed by atoms with Crippen LogP contribution in [0.25, 0.3) is 17.0 Å². The van der Waals surface area contributed by atoms with Gasteiger partial charge in [0.1, 0.15) is 6.04 Å². The Morgan fingerprint density at radius 3 is 2.97 bits per heavy atom. The van der Waals surface area contributed by atoms with E-state index in [0.717, 1.165) is 34.7 Å². The van der Waals surface area contributed by atoms with Crippen molar-refractivity contribution in [2.75, 3.05) is 11.4 Å². The van der Waals surface area contributed by atoms with Gasteiger partial charge in [-0.05, 0) is 37.3 Å². The van der Waals surface area contributed by atoms with Crippen LogP contribution >= 0.6 is 0 Å². The molecular weight excluding hydrogens is 399 g/mol. The van der Waals surface area contributed by atoms with Gasteiger partial charge in [-0.1, -0.05) is 11.2 Å². The van der Waals surface area contributed by atoms with Crippen molar-refractivity contribution in [3.63, 3.8) is 0 Å². The summed E-state index contributed by atoms with van der Waals surface area (Å²) in [5.41, 5.74) is 4.91. The maximum absolute atomic E-state index is 14.1. The van der Waals surface area contributed by atoms with Crippen LogP contribution in [0, 0.1) is 12.9 Å². The minimum absolute atomic E-state index is 0.0815. The number of hydrogen-bond donors (Lipinski definition) is 1. The van der Waals surface area contributed by atoms with Crippen LogP contribution in [-0.4, -0.2) is 41.3 Å². The van der Waals surface area contributed by atoms with Crippen molar-refractivity contribution in [1.29, 1.82) is 0 Å². The molecule has 1 aliphatic heterocycles. The predicted molar refractivity (Wildman–Crippen MR) is 109 cm³/mol. The van der Waals surface area contributed by atoms with Crippen LogP contribution in [0.15, 0.2) is 53.3 Å². The highest BCUT2D eigenvalue weighted by molar-refractivity contribution is 5.55. The molecule has 0 bridgehead atoms. The van der Waals surface area contributed by atoms with E-state index in [-0.39, 0.29) is 23.5 Å². The van der Waals surface area contributed by atoms with E-state index >= 15 is 0 Å². The summed E-state index contributed by atoms with van der Waals surface area (Å²) in [4.78, 5) is 13.4. The summed E-state index contributed by atoms with van der Waals surface area (Å²) < 4.78 is 21.9. The molecule has 1 aliphatic rings. The van der Waals surface area contributed by atoms with Gasteiger partial charge < -0.3 is 14.3 Å². The van der Waals surface area contributed by atoms with Crippen LogP contribution in [0.5, 0.6) is 0 Å². The van der Waals surface area contributed by atoms with Gasteiger partial charge in [0.25, 0.3) is 5.89 Å². The maximum Gasteiger partial charge on any atom is 0.319 e. The van der Waals surface area contributed by atoms with E-state index in [2.05, 4.69) is 25.1 Å². The molecule has 0 radical (unpaired) electrons. The average Bonchev–Trinajstić information content (AvgIpc) is 3.52. The Bertz CT molecular complexity index is 1400. The molecule has 0 unspecified atom stereocenters. The van der Waals surface area contributed by atoms with E-state index in [1.165, 1.54) is 6.20 Å². The van der Waals surface area contributed by atoms with E-state index in [1.807, 2.05) is 40.6 Å². The zero-order valence-electron chi connectivity index (χ0n) is 16.5. The minimum Gasteiger partial charge on any atom is -0.403 e. The van der Waals surface area contributed by atoms with Crippen molar-refractivity contribution in [2.45, 2.75) is 19.4 Å². The molecule has 10 heteroatoms. The lowest BCUT2D eigenvalue weighted by Crippen LogP contribution is -2.37. The fraction of sp³-hybridized carbons (Fsp3) is 0.190. The van der Waals surface area contributed by atoms with E-state index in [1.54, 1.807) is 18.5 Å². The molecule has 0 spiro atoms. The van der Waals surface area contributed by atoms with Crippen molar-refractivity contribution in [3.05, 3.63) is 77.6 Å². The third-order valence-corrected chi connectivity index (χ3v) is 5.55. The van der Waals surface area contributed by atoms with Gasteiger partial charge in [0.05, 0.1) is 28.8 Å². The summed E-state index contributed by atoms with van der Waals surface area (Å²) in [6.45, 7) is 2.62. The smallest absolute Gasteiger partial charge is 0.319 e. The number of aromatic amines is 1. The Kier molecular flexibility index (Phi) is 3.85. The minimum atomic E-state index is -0.654. The molecule has 0 saturated carbocycles. The number of nitrogens with one attached hydrogen (secondary N) is 1. The summed E-state index contributed by atoms with van der Waals surface area (Å²) >= 11 is 0. The van der Waals surface area contributed by atoms with E-state index in [0.29, 0.717) is 6.54 Å². The number of imidazole rings is 1. The molecule has 0 aliphatic carbocycles. The van der Waals surface area contributed by atoms with Crippen LogP contribution < -0.4 is 4.90 Å². The number of anilines is 1. The van der Waals surface area contributed by atoms with E-state index in [4.69, 9.17) is 9.52 Å². The van der Waals surface area contributed by atoms with Crippen LogP contribution in [0.3, 0.4) is 0 Å². The Labute approximate surface area is 175 Å². The van der Waals surface area contributed by atoms with E-state index < -0.39 is 5.95 Å². The number of H-pyrrole nitrogens is 1. The first-order chi connectivity index (χ1) is 15.2. The molecule has 31 heavy (non-hydrogen) atoms. The third-order valence-electron chi connectivity index (χ3n) is 5.55. The van der Waals surface area contributed by atoms with Gasteiger partial charge in [-0.15, -0.1) is 5.10 Å². The fourth-order valence-corrected chi connectivity index (χ4v) is 4.07. The molecule has 6 rings (SSSR count). The molecule has 1 atom stereocenters. The second-order valence-electron chi connectivity index (χ2n) is 7.42. The van der Waals surface area contributed by atoms with Crippen LogP contribution in [0.2, 0.25) is 0 Å². The van der Waals surface area contributed by atoms with Crippen molar-refractivity contribution in [3.8, 4) is 11.5 Å².